The Balaban J connectivity index is 1.47. The molecule has 0 unspecified atom stereocenters. The van der Waals surface area contributed by atoms with Crippen LogP contribution in [0.25, 0.3) is 11.5 Å². The third-order valence-electron chi connectivity index (χ3n) is 4.74. The van der Waals surface area contributed by atoms with Gasteiger partial charge in [0.2, 0.25) is 11.8 Å². The molecule has 0 spiro atoms. The molecule has 1 atom stereocenters. The van der Waals surface area contributed by atoms with E-state index >= 15 is 0 Å². The predicted molar refractivity (Wildman–Crippen MR) is 101 cm³/mol. The lowest BCUT2D eigenvalue weighted by molar-refractivity contribution is 0.163. The van der Waals surface area contributed by atoms with Gasteiger partial charge >= 0.3 is 6.03 Å². The van der Waals surface area contributed by atoms with Gasteiger partial charge in [-0.1, -0.05) is 6.07 Å². The van der Waals surface area contributed by atoms with Crippen LogP contribution in [0.5, 0.6) is 0 Å². The first kappa shape index (κ1) is 17.2. The number of carbonyl (C=O) groups is 1. The molecule has 0 aliphatic carbocycles. The molecule has 7 heteroatoms. The molecule has 7 nitrogen and oxygen atoms in total. The summed E-state index contributed by atoms with van der Waals surface area (Å²) in [6, 6.07) is 11.3. The molecule has 2 aromatic heterocycles. The molecule has 1 saturated heterocycles. The number of piperidine rings is 1. The van der Waals surface area contributed by atoms with Crippen LogP contribution in [0.3, 0.4) is 0 Å². The molecule has 0 saturated carbocycles. The van der Waals surface area contributed by atoms with Gasteiger partial charge in [0.15, 0.2) is 0 Å². The van der Waals surface area contributed by atoms with Crippen LogP contribution in [-0.4, -0.2) is 32.7 Å². The number of benzene rings is 1. The third-order valence-corrected chi connectivity index (χ3v) is 4.74. The molecule has 27 heavy (non-hydrogen) atoms. The Morgan fingerprint density at radius 1 is 1.19 bits per heavy atom. The predicted octanol–water partition coefficient (Wildman–Crippen LogP) is 4.20. The Morgan fingerprint density at radius 2 is 2.04 bits per heavy atom. The lowest BCUT2D eigenvalue weighted by Crippen LogP contribution is -2.41. The summed E-state index contributed by atoms with van der Waals surface area (Å²) in [5.41, 5.74) is 2.63. The molecule has 1 aliphatic heterocycles. The molecule has 0 radical (unpaired) electrons. The topological polar surface area (TPSA) is 84.2 Å². The van der Waals surface area contributed by atoms with E-state index in [0.29, 0.717) is 11.8 Å². The summed E-state index contributed by atoms with van der Waals surface area (Å²) < 4.78 is 5.43. The van der Waals surface area contributed by atoms with Crippen LogP contribution in [0.4, 0.5) is 10.5 Å². The van der Waals surface area contributed by atoms with Crippen molar-refractivity contribution in [3.63, 3.8) is 0 Å². The van der Waals surface area contributed by atoms with Gasteiger partial charge in [0.05, 0.1) is 6.04 Å². The highest BCUT2D eigenvalue weighted by atomic mass is 16.4. The van der Waals surface area contributed by atoms with E-state index in [1.807, 2.05) is 47.5 Å². The Labute approximate surface area is 157 Å². The first-order chi connectivity index (χ1) is 13.2. The number of nitrogens with zero attached hydrogens (tertiary/aromatic N) is 4. The lowest BCUT2D eigenvalue weighted by Gasteiger charge is -2.35. The molecule has 2 amide bonds. The van der Waals surface area contributed by atoms with Gasteiger partial charge < -0.3 is 14.6 Å². The minimum Gasteiger partial charge on any atom is -0.421 e. The molecular weight excluding hydrogens is 342 g/mol. The molecule has 1 N–H and O–H groups in total. The maximum absolute atomic E-state index is 12.9. The quantitative estimate of drug-likeness (QED) is 0.754. The zero-order valence-electron chi connectivity index (χ0n) is 15.1. The van der Waals surface area contributed by atoms with Crippen molar-refractivity contribution in [1.29, 1.82) is 0 Å². The normalized spacial score (nSPS) is 16.9. The fourth-order valence-corrected chi connectivity index (χ4v) is 3.40. The van der Waals surface area contributed by atoms with Crippen LogP contribution in [0.15, 0.2) is 53.2 Å². The number of rotatable bonds is 3. The van der Waals surface area contributed by atoms with E-state index in [2.05, 4.69) is 20.5 Å². The molecular formula is C20H21N5O2. The number of urea groups is 1. The average molecular weight is 363 g/mol. The van der Waals surface area contributed by atoms with Gasteiger partial charge in [0, 0.05) is 37.1 Å². The van der Waals surface area contributed by atoms with Crippen molar-refractivity contribution in [3.8, 4) is 11.5 Å². The van der Waals surface area contributed by atoms with Crippen LogP contribution in [0.1, 0.15) is 36.8 Å². The molecule has 1 fully saturated rings. The second-order valence-electron chi connectivity index (χ2n) is 6.63. The Hall–Kier alpha value is -3.22. The van der Waals surface area contributed by atoms with Crippen molar-refractivity contribution in [3.05, 3.63) is 60.2 Å². The molecule has 138 valence electrons. The Bertz CT molecular complexity index is 908. The Morgan fingerprint density at radius 3 is 2.74 bits per heavy atom. The number of hydrogen-bond donors (Lipinski definition) is 1. The number of hydrogen-bond acceptors (Lipinski definition) is 5. The summed E-state index contributed by atoms with van der Waals surface area (Å²) in [5.74, 6) is 0.993. The highest BCUT2D eigenvalue weighted by molar-refractivity contribution is 5.90. The van der Waals surface area contributed by atoms with E-state index in [0.717, 1.165) is 42.6 Å². The maximum Gasteiger partial charge on any atom is 0.322 e. The highest BCUT2D eigenvalue weighted by Crippen LogP contribution is 2.31. The first-order valence-corrected chi connectivity index (χ1v) is 9.09. The van der Waals surface area contributed by atoms with E-state index in [9.17, 15) is 4.79 Å². The average Bonchev–Trinajstić information content (AvgIpc) is 3.15. The molecule has 1 aromatic carbocycles. The Kier molecular flexibility index (Phi) is 4.82. The van der Waals surface area contributed by atoms with Gasteiger partial charge in [-0.25, -0.2) is 4.79 Å². The summed E-state index contributed by atoms with van der Waals surface area (Å²) in [6.45, 7) is 2.49. The minimum atomic E-state index is -0.0927. The van der Waals surface area contributed by atoms with Crippen LogP contribution in [0, 0.1) is 6.92 Å². The van der Waals surface area contributed by atoms with Crippen molar-refractivity contribution < 1.29 is 9.21 Å². The molecule has 1 aliphatic rings. The van der Waals surface area contributed by atoms with Crippen LogP contribution < -0.4 is 5.32 Å². The summed E-state index contributed by atoms with van der Waals surface area (Å²) >= 11 is 0. The van der Waals surface area contributed by atoms with Crippen molar-refractivity contribution in [1.82, 2.24) is 20.1 Å². The third kappa shape index (κ3) is 3.81. The minimum absolute atomic E-state index is 0.0630. The van der Waals surface area contributed by atoms with Crippen LogP contribution >= 0.6 is 0 Å². The van der Waals surface area contributed by atoms with E-state index in [1.54, 1.807) is 13.1 Å². The molecule has 0 bridgehead atoms. The molecule has 3 heterocycles. The van der Waals surface area contributed by atoms with E-state index in [1.165, 1.54) is 0 Å². The number of nitrogens with one attached hydrogen (secondary N) is 1. The molecule has 3 aromatic rings. The number of pyridine rings is 1. The van der Waals surface area contributed by atoms with Crippen molar-refractivity contribution in [2.75, 3.05) is 11.9 Å². The standard InChI is InChI=1S/C20H21N5O2/c1-14-23-24-19(27-14)15-7-9-17(10-8-15)22-20(26)25-12-3-2-6-18(25)16-5-4-11-21-13-16/h4-5,7-11,13,18H,2-3,6,12H2,1H3,(H,22,26)/t18-/m0/s1. The monoisotopic (exact) mass is 363 g/mol. The number of aromatic nitrogens is 3. The second kappa shape index (κ2) is 7.57. The summed E-state index contributed by atoms with van der Waals surface area (Å²) in [7, 11) is 0. The fraction of sp³-hybridized carbons (Fsp3) is 0.300. The second-order valence-corrected chi connectivity index (χ2v) is 6.63. The summed E-state index contributed by atoms with van der Waals surface area (Å²) in [6.07, 6.45) is 6.68. The maximum atomic E-state index is 12.9. The first-order valence-electron chi connectivity index (χ1n) is 9.09. The highest BCUT2D eigenvalue weighted by Gasteiger charge is 2.28. The number of aryl methyl sites for hydroxylation is 1. The zero-order chi connectivity index (χ0) is 18.6. The van der Waals surface area contributed by atoms with Gasteiger partial charge in [0.1, 0.15) is 0 Å². The SMILES string of the molecule is Cc1nnc(-c2ccc(NC(=O)N3CCCC[C@H]3c3cccnc3)cc2)o1. The van der Waals surface area contributed by atoms with Gasteiger partial charge in [-0.05, 0) is 55.2 Å². The van der Waals surface area contributed by atoms with E-state index in [-0.39, 0.29) is 12.1 Å². The number of likely N-dealkylation sites (tertiary alicyclic amines) is 1. The van der Waals surface area contributed by atoms with Gasteiger partial charge in [-0.15, -0.1) is 10.2 Å². The van der Waals surface area contributed by atoms with Crippen LogP contribution in [-0.2, 0) is 0 Å². The smallest absolute Gasteiger partial charge is 0.322 e. The van der Waals surface area contributed by atoms with Gasteiger partial charge in [0.25, 0.3) is 0 Å². The number of amides is 2. The fourth-order valence-electron chi connectivity index (χ4n) is 3.40. The number of carbonyl (C=O) groups excluding carboxylic acids is 1. The largest absolute Gasteiger partial charge is 0.421 e. The summed E-state index contributed by atoms with van der Waals surface area (Å²) in [4.78, 5) is 19.0. The van der Waals surface area contributed by atoms with E-state index in [4.69, 9.17) is 4.42 Å². The van der Waals surface area contributed by atoms with Gasteiger partial charge in [-0.2, -0.15) is 0 Å². The lowest BCUT2D eigenvalue weighted by atomic mass is 9.97. The molecule has 4 rings (SSSR count). The summed E-state index contributed by atoms with van der Waals surface area (Å²) in [5, 5.41) is 10.8. The van der Waals surface area contributed by atoms with E-state index < -0.39 is 0 Å². The zero-order valence-corrected chi connectivity index (χ0v) is 15.1. The van der Waals surface area contributed by atoms with Crippen molar-refractivity contribution >= 4 is 11.7 Å². The number of anilines is 1. The van der Waals surface area contributed by atoms with Crippen LogP contribution in [0.2, 0.25) is 0 Å². The van der Waals surface area contributed by atoms with Crippen molar-refractivity contribution in [2.24, 2.45) is 0 Å². The van der Waals surface area contributed by atoms with Crippen molar-refractivity contribution in [2.45, 2.75) is 32.2 Å². The van der Waals surface area contributed by atoms with Gasteiger partial charge in [-0.3, -0.25) is 4.98 Å².